The Hall–Kier alpha value is -2.53. The normalized spacial score (nSPS) is 14.9. The molecule has 138 valence electrons. The number of para-hydroxylation sites is 1. The molecule has 3 rings (SSSR count). The molecule has 0 atom stereocenters. The number of carbonyl (C=O) groups is 1. The number of ether oxygens (including phenoxy) is 1. The summed E-state index contributed by atoms with van der Waals surface area (Å²) in [5.41, 5.74) is 2.44. The molecule has 1 fully saturated rings. The van der Waals surface area contributed by atoms with Gasteiger partial charge in [0.1, 0.15) is 5.75 Å². The molecule has 2 amide bonds. The molecule has 0 saturated carbocycles. The topological polar surface area (TPSA) is 44.8 Å². The van der Waals surface area contributed by atoms with Crippen molar-refractivity contribution in [3.05, 3.63) is 65.7 Å². The quantitative estimate of drug-likeness (QED) is 0.869. The van der Waals surface area contributed by atoms with Crippen LogP contribution in [0.25, 0.3) is 0 Å². The molecule has 1 aliphatic rings. The minimum atomic E-state index is 0.0271. The van der Waals surface area contributed by atoms with E-state index >= 15 is 0 Å². The predicted molar refractivity (Wildman–Crippen MR) is 103 cm³/mol. The molecule has 0 spiro atoms. The van der Waals surface area contributed by atoms with Gasteiger partial charge < -0.3 is 15.0 Å². The van der Waals surface area contributed by atoms with E-state index < -0.39 is 0 Å². The number of urea groups is 1. The van der Waals surface area contributed by atoms with E-state index in [-0.39, 0.29) is 6.03 Å². The lowest BCUT2D eigenvalue weighted by Crippen LogP contribution is -2.51. The van der Waals surface area contributed by atoms with Crippen LogP contribution in [0.5, 0.6) is 5.75 Å². The highest BCUT2D eigenvalue weighted by Crippen LogP contribution is 2.17. The number of nitrogens with one attached hydrogen (secondary N) is 1. The Morgan fingerprint density at radius 2 is 1.69 bits per heavy atom. The Balaban J connectivity index is 1.39. The highest BCUT2D eigenvalue weighted by atomic mass is 16.5. The van der Waals surface area contributed by atoms with Crippen LogP contribution in [0.3, 0.4) is 0 Å². The van der Waals surface area contributed by atoms with Gasteiger partial charge in [0.05, 0.1) is 7.11 Å². The van der Waals surface area contributed by atoms with E-state index in [1.54, 1.807) is 7.11 Å². The Morgan fingerprint density at radius 3 is 2.42 bits per heavy atom. The summed E-state index contributed by atoms with van der Waals surface area (Å²) in [5, 5.41) is 3.03. The van der Waals surface area contributed by atoms with Crippen molar-refractivity contribution in [2.75, 3.05) is 39.8 Å². The summed E-state index contributed by atoms with van der Waals surface area (Å²) >= 11 is 0. The van der Waals surface area contributed by atoms with Crippen molar-refractivity contribution < 1.29 is 9.53 Å². The minimum absolute atomic E-state index is 0.0271. The minimum Gasteiger partial charge on any atom is -0.496 e. The third-order valence-corrected chi connectivity index (χ3v) is 4.77. The maximum atomic E-state index is 12.4. The maximum absolute atomic E-state index is 12.4. The van der Waals surface area contributed by atoms with E-state index in [4.69, 9.17) is 4.74 Å². The molecule has 1 saturated heterocycles. The van der Waals surface area contributed by atoms with Crippen molar-refractivity contribution >= 4 is 6.03 Å². The molecular weight excluding hydrogens is 326 g/mol. The van der Waals surface area contributed by atoms with Crippen LogP contribution in [0, 0.1) is 0 Å². The number of nitrogens with zero attached hydrogens (tertiary/aromatic N) is 2. The molecule has 1 heterocycles. The van der Waals surface area contributed by atoms with Gasteiger partial charge in [-0.05, 0) is 23.6 Å². The van der Waals surface area contributed by atoms with Crippen molar-refractivity contribution in [1.82, 2.24) is 15.1 Å². The first-order valence-electron chi connectivity index (χ1n) is 9.17. The summed E-state index contributed by atoms with van der Waals surface area (Å²) in [5.74, 6) is 0.872. The third-order valence-electron chi connectivity index (χ3n) is 4.77. The molecule has 5 heteroatoms. The Bertz CT molecular complexity index is 697. The molecule has 1 aliphatic heterocycles. The molecule has 1 N–H and O–H groups in total. The lowest BCUT2D eigenvalue weighted by atomic mass is 10.1. The average molecular weight is 353 g/mol. The Morgan fingerprint density at radius 1 is 1.00 bits per heavy atom. The first kappa shape index (κ1) is 18.3. The van der Waals surface area contributed by atoms with Crippen molar-refractivity contribution in [2.24, 2.45) is 0 Å². The smallest absolute Gasteiger partial charge is 0.317 e. The van der Waals surface area contributed by atoms with E-state index in [1.165, 1.54) is 5.56 Å². The van der Waals surface area contributed by atoms with Gasteiger partial charge in [-0.2, -0.15) is 0 Å². The third kappa shape index (κ3) is 4.99. The zero-order valence-corrected chi connectivity index (χ0v) is 15.4. The molecule has 26 heavy (non-hydrogen) atoms. The number of benzene rings is 2. The summed E-state index contributed by atoms with van der Waals surface area (Å²) in [6.45, 7) is 4.93. The SMILES string of the molecule is COc1ccccc1CCNC(=O)N1CCN(Cc2ccccc2)CC1. The maximum Gasteiger partial charge on any atom is 0.317 e. The fourth-order valence-electron chi connectivity index (χ4n) is 3.28. The average Bonchev–Trinajstić information content (AvgIpc) is 2.69. The second-order valence-electron chi connectivity index (χ2n) is 6.54. The van der Waals surface area contributed by atoms with Crippen LogP contribution in [0.15, 0.2) is 54.6 Å². The van der Waals surface area contributed by atoms with Crippen LogP contribution >= 0.6 is 0 Å². The van der Waals surface area contributed by atoms with Crippen molar-refractivity contribution in [3.8, 4) is 5.75 Å². The zero-order chi connectivity index (χ0) is 18.2. The van der Waals surface area contributed by atoms with Crippen molar-refractivity contribution in [3.63, 3.8) is 0 Å². The molecule has 2 aromatic rings. The Kier molecular flexibility index (Phi) is 6.50. The molecule has 0 unspecified atom stereocenters. The molecule has 2 aromatic carbocycles. The van der Waals surface area contributed by atoms with Crippen LogP contribution < -0.4 is 10.1 Å². The lowest BCUT2D eigenvalue weighted by Gasteiger charge is -2.34. The van der Waals surface area contributed by atoms with E-state index in [9.17, 15) is 4.79 Å². The van der Waals surface area contributed by atoms with Crippen LogP contribution in [-0.2, 0) is 13.0 Å². The summed E-state index contributed by atoms with van der Waals surface area (Å²) in [6, 6.07) is 18.4. The zero-order valence-electron chi connectivity index (χ0n) is 15.4. The first-order chi connectivity index (χ1) is 12.8. The number of methoxy groups -OCH3 is 1. The van der Waals surface area contributed by atoms with Gasteiger partial charge in [-0.3, -0.25) is 4.90 Å². The fraction of sp³-hybridized carbons (Fsp3) is 0.381. The van der Waals surface area contributed by atoms with Crippen LogP contribution in [0.4, 0.5) is 4.79 Å². The monoisotopic (exact) mass is 353 g/mol. The predicted octanol–water partition coefficient (Wildman–Crippen LogP) is 2.77. The largest absolute Gasteiger partial charge is 0.496 e. The second-order valence-corrected chi connectivity index (χ2v) is 6.54. The van der Waals surface area contributed by atoms with E-state index in [0.717, 1.165) is 50.5 Å². The van der Waals surface area contributed by atoms with Crippen molar-refractivity contribution in [1.29, 1.82) is 0 Å². The standard InChI is InChI=1S/C21H27N3O2/c1-26-20-10-6-5-9-19(20)11-12-22-21(25)24-15-13-23(14-16-24)17-18-7-3-2-4-8-18/h2-10H,11-17H2,1H3,(H,22,25). The molecule has 0 radical (unpaired) electrons. The summed E-state index contributed by atoms with van der Waals surface area (Å²) in [4.78, 5) is 16.7. The lowest BCUT2D eigenvalue weighted by molar-refractivity contribution is 0.135. The van der Waals surface area contributed by atoms with E-state index in [0.29, 0.717) is 6.54 Å². The number of amides is 2. The number of hydrogen-bond donors (Lipinski definition) is 1. The van der Waals surface area contributed by atoms with Crippen LogP contribution in [-0.4, -0.2) is 55.7 Å². The first-order valence-corrected chi connectivity index (χ1v) is 9.17. The molecule has 0 bridgehead atoms. The highest BCUT2D eigenvalue weighted by molar-refractivity contribution is 5.74. The summed E-state index contributed by atoms with van der Waals surface area (Å²) < 4.78 is 5.35. The molecular formula is C21H27N3O2. The van der Waals surface area contributed by atoms with Gasteiger partial charge in [0.2, 0.25) is 0 Å². The molecule has 0 aliphatic carbocycles. The highest BCUT2D eigenvalue weighted by Gasteiger charge is 2.20. The van der Waals surface area contributed by atoms with Crippen LogP contribution in [0.1, 0.15) is 11.1 Å². The van der Waals surface area contributed by atoms with Gasteiger partial charge in [0.15, 0.2) is 0 Å². The van der Waals surface area contributed by atoms with Gasteiger partial charge in [-0.25, -0.2) is 4.79 Å². The van der Waals surface area contributed by atoms with E-state index in [2.05, 4.69) is 34.5 Å². The van der Waals surface area contributed by atoms with Gasteiger partial charge in [-0.1, -0.05) is 48.5 Å². The fourth-order valence-corrected chi connectivity index (χ4v) is 3.28. The number of carbonyl (C=O) groups excluding carboxylic acids is 1. The number of hydrogen-bond acceptors (Lipinski definition) is 3. The Labute approximate surface area is 155 Å². The second kappa shape index (κ2) is 9.25. The molecule has 0 aromatic heterocycles. The van der Waals surface area contributed by atoms with Gasteiger partial charge in [0, 0.05) is 39.3 Å². The van der Waals surface area contributed by atoms with Gasteiger partial charge in [0.25, 0.3) is 0 Å². The van der Waals surface area contributed by atoms with Gasteiger partial charge >= 0.3 is 6.03 Å². The van der Waals surface area contributed by atoms with Crippen molar-refractivity contribution in [2.45, 2.75) is 13.0 Å². The van der Waals surface area contributed by atoms with E-state index in [1.807, 2.05) is 35.2 Å². The summed E-state index contributed by atoms with van der Waals surface area (Å²) in [7, 11) is 1.67. The number of piperazine rings is 1. The van der Waals surface area contributed by atoms with Gasteiger partial charge in [-0.15, -0.1) is 0 Å². The molecule has 5 nitrogen and oxygen atoms in total. The number of rotatable bonds is 6. The summed E-state index contributed by atoms with van der Waals surface area (Å²) in [6.07, 6.45) is 0.768. The van der Waals surface area contributed by atoms with Crippen LogP contribution in [0.2, 0.25) is 0 Å².